The number of carbonyl (C=O) groups is 1. The van der Waals surface area contributed by atoms with Gasteiger partial charge in [0.2, 0.25) is 11.4 Å². The van der Waals surface area contributed by atoms with Gasteiger partial charge in [-0.3, -0.25) is 4.79 Å². The topological polar surface area (TPSA) is 75.4 Å². The summed E-state index contributed by atoms with van der Waals surface area (Å²) in [5.74, 6) is 1.32. The molecule has 1 aliphatic heterocycles. The van der Waals surface area contributed by atoms with Crippen LogP contribution in [0, 0.1) is 0 Å². The van der Waals surface area contributed by atoms with Crippen LogP contribution in [0.2, 0.25) is 0 Å². The Balaban J connectivity index is 1.59. The number of anilines is 1. The van der Waals surface area contributed by atoms with Gasteiger partial charge in [0.15, 0.2) is 0 Å². The SMILES string of the molecule is CN(C)CCCN(CCCN(C)C)C1=C/C(=C\c2sc3ccccc3[n+]2C)c2ccccc2N1CCCCCC(=O)NCCOCCO. The van der Waals surface area contributed by atoms with Gasteiger partial charge in [-0.05, 0) is 90.7 Å². The maximum atomic E-state index is 12.4. The summed E-state index contributed by atoms with van der Waals surface area (Å²) in [4.78, 5) is 22.0. The summed E-state index contributed by atoms with van der Waals surface area (Å²) in [6.07, 6.45) is 10.3. The van der Waals surface area contributed by atoms with Gasteiger partial charge in [-0.25, -0.2) is 0 Å². The zero-order valence-corrected chi connectivity index (χ0v) is 30.6. The number of ether oxygens (including phenoxy) is 1. The number of hydrogen-bond donors (Lipinski definition) is 2. The van der Waals surface area contributed by atoms with E-state index < -0.39 is 0 Å². The van der Waals surface area contributed by atoms with Crippen LogP contribution in [0.15, 0.2) is 60.4 Å². The summed E-state index contributed by atoms with van der Waals surface area (Å²) in [6, 6.07) is 17.4. The van der Waals surface area contributed by atoms with Gasteiger partial charge in [0.05, 0.1) is 25.5 Å². The van der Waals surface area contributed by atoms with E-state index in [1.54, 1.807) is 0 Å². The smallest absolute Gasteiger partial charge is 0.263 e. The molecule has 0 radical (unpaired) electrons. The zero-order chi connectivity index (χ0) is 34.3. The monoisotopic (exact) mass is 677 g/mol. The number of amides is 1. The number of thiazole rings is 1. The van der Waals surface area contributed by atoms with E-state index in [2.05, 4.69) is 125 Å². The first-order valence-electron chi connectivity index (χ1n) is 17.5. The number of aliphatic hydroxyl groups excluding tert-OH is 1. The number of aliphatic hydroxyl groups is 1. The highest BCUT2D eigenvalue weighted by Crippen LogP contribution is 2.39. The van der Waals surface area contributed by atoms with Crippen LogP contribution in [-0.2, 0) is 16.6 Å². The van der Waals surface area contributed by atoms with Gasteiger partial charge in [-0.1, -0.05) is 48.1 Å². The van der Waals surface area contributed by atoms with E-state index >= 15 is 0 Å². The molecule has 262 valence electrons. The molecule has 2 heterocycles. The summed E-state index contributed by atoms with van der Waals surface area (Å²) in [6.45, 7) is 6.16. The molecule has 0 fully saturated rings. The van der Waals surface area contributed by atoms with Crippen LogP contribution in [-0.4, -0.2) is 113 Å². The van der Waals surface area contributed by atoms with E-state index in [1.165, 1.54) is 37.9 Å². The van der Waals surface area contributed by atoms with Crippen LogP contribution in [0.1, 0.15) is 49.1 Å². The largest absolute Gasteiger partial charge is 0.394 e. The van der Waals surface area contributed by atoms with Crippen molar-refractivity contribution in [2.75, 3.05) is 92.2 Å². The molecule has 1 aromatic heterocycles. The highest BCUT2D eigenvalue weighted by Gasteiger charge is 2.27. The summed E-state index contributed by atoms with van der Waals surface area (Å²) in [5, 5.41) is 13.0. The molecule has 4 rings (SSSR count). The number of fused-ring (bicyclic) bond motifs is 2. The third-order valence-corrected chi connectivity index (χ3v) is 9.76. The Morgan fingerprint density at radius 2 is 1.62 bits per heavy atom. The van der Waals surface area contributed by atoms with Crippen LogP contribution in [0.25, 0.3) is 21.9 Å². The number of hydrogen-bond acceptors (Lipinski definition) is 8. The minimum Gasteiger partial charge on any atom is -0.394 e. The molecule has 0 saturated heterocycles. The van der Waals surface area contributed by atoms with Crippen LogP contribution in [0.4, 0.5) is 5.69 Å². The first-order valence-corrected chi connectivity index (χ1v) is 18.3. The second-order valence-electron chi connectivity index (χ2n) is 13.0. The van der Waals surface area contributed by atoms with Crippen molar-refractivity contribution in [2.45, 2.75) is 38.5 Å². The van der Waals surface area contributed by atoms with Gasteiger partial charge >= 0.3 is 0 Å². The highest BCUT2D eigenvalue weighted by molar-refractivity contribution is 7.18. The predicted molar refractivity (Wildman–Crippen MR) is 200 cm³/mol. The molecule has 1 amide bonds. The van der Waals surface area contributed by atoms with Gasteiger partial charge in [0.25, 0.3) is 5.01 Å². The fraction of sp³-hybridized carbons (Fsp3) is 0.526. The van der Waals surface area contributed by atoms with Gasteiger partial charge in [-0.2, -0.15) is 4.57 Å². The number of aryl methyl sites for hydroxylation is 1. The average Bonchev–Trinajstić information content (AvgIpc) is 3.38. The molecule has 0 spiro atoms. The number of allylic oxidation sites excluding steroid dienone is 2. The molecule has 0 bridgehead atoms. The standard InChI is InChI=1S/C38H56N6O3S/c1-40(2)21-13-23-43(24-14-22-41(3)4)37-29-31(30-38-42(5)34-17-10-11-18-35(34)48-38)32-15-8-9-16-33(32)44(37)25-12-6-7-19-36(46)39-20-27-47-28-26-45/h8-11,15-18,29-30,45H,6-7,12-14,19-28H2,1-5H3/p+1. The summed E-state index contributed by atoms with van der Waals surface area (Å²) >= 11 is 1.84. The second-order valence-corrected chi connectivity index (χ2v) is 14.1. The Morgan fingerprint density at radius 1 is 0.917 bits per heavy atom. The lowest BCUT2D eigenvalue weighted by Gasteiger charge is -2.40. The molecule has 9 nitrogen and oxygen atoms in total. The number of carbonyl (C=O) groups excluding carboxylic acids is 1. The first-order chi connectivity index (χ1) is 23.3. The fourth-order valence-corrected chi connectivity index (χ4v) is 7.22. The third kappa shape index (κ3) is 11.1. The third-order valence-electron chi connectivity index (χ3n) is 8.60. The lowest BCUT2D eigenvalue weighted by atomic mass is 9.97. The molecular weight excluding hydrogens is 621 g/mol. The van der Waals surface area contributed by atoms with Gasteiger partial charge in [0.1, 0.15) is 17.6 Å². The van der Waals surface area contributed by atoms with Crippen LogP contribution < -0.4 is 14.8 Å². The quantitative estimate of drug-likeness (QED) is 0.124. The number of nitrogens with one attached hydrogen (secondary N) is 1. The molecule has 1 aliphatic rings. The molecule has 0 saturated carbocycles. The Kier molecular flexibility index (Phi) is 15.4. The van der Waals surface area contributed by atoms with Crippen LogP contribution in [0.3, 0.4) is 0 Å². The minimum atomic E-state index is -0.00143. The number of unbranched alkanes of at least 4 members (excludes halogenated alkanes) is 2. The molecule has 0 unspecified atom stereocenters. The van der Waals surface area contributed by atoms with Crippen molar-refractivity contribution in [3.8, 4) is 0 Å². The number of para-hydroxylation sites is 2. The van der Waals surface area contributed by atoms with Crippen LogP contribution in [0.5, 0.6) is 0 Å². The lowest BCUT2D eigenvalue weighted by Crippen LogP contribution is -2.40. The van der Waals surface area contributed by atoms with E-state index in [-0.39, 0.29) is 12.5 Å². The normalized spacial score (nSPS) is 13.9. The average molecular weight is 678 g/mol. The number of rotatable bonds is 21. The van der Waals surface area contributed by atoms with Gasteiger partial charge < -0.3 is 34.8 Å². The summed E-state index contributed by atoms with van der Waals surface area (Å²) < 4.78 is 8.84. The molecular formula is C38H57N6O3S+. The summed E-state index contributed by atoms with van der Waals surface area (Å²) in [7, 11) is 10.8. The Morgan fingerprint density at radius 3 is 2.33 bits per heavy atom. The first kappa shape index (κ1) is 37.5. The van der Waals surface area contributed by atoms with Crippen molar-refractivity contribution in [1.29, 1.82) is 0 Å². The maximum Gasteiger partial charge on any atom is 0.263 e. The minimum absolute atomic E-state index is 0.00143. The van der Waals surface area contributed by atoms with Crippen molar-refractivity contribution < 1.29 is 19.2 Å². The number of benzene rings is 2. The Hall–Kier alpha value is -3.28. The second kappa shape index (κ2) is 19.7. The molecule has 3 aromatic rings. The molecule has 0 aliphatic carbocycles. The maximum absolute atomic E-state index is 12.4. The van der Waals surface area contributed by atoms with Gasteiger partial charge in [0, 0.05) is 50.3 Å². The molecule has 0 atom stereocenters. The van der Waals surface area contributed by atoms with Crippen molar-refractivity contribution >= 4 is 44.8 Å². The van der Waals surface area contributed by atoms with Crippen molar-refractivity contribution in [2.24, 2.45) is 7.05 Å². The fourth-order valence-electron chi connectivity index (χ4n) is 6.11. The lowest BCUT2D eigenvalue weighted by molar-refractivity contribution is -0.642. The van der Waals surface area contributed by atoms with Crippen LogP contribution >= 0.6 is 11.3 Å². The molecule has 48 heavy (non-hydrogen) atoms. The zero-order valence-electron chi connectivity index (χ0n) is 29.8. The van der Waals surface area contributed by atoms with E-state index in [4.69, 9.17) is 9.84 Å². The number of aromatic nitrogens is 1. The number of nitrogens with zero attached hydrogens (tertiary/aromatic N) is 5. The van der Waals surface area contributed by atoms with E-state index in [1.807, 2.05) is 11.3 Å². The van der Waals surface area contributed by atoms with Crippen molar-refractivity contribution in [3.05, 3.63) is 71.0 Å². The van der Waals surface area contributed by atoms with E-state index in [9.17, 15) is 4.79 Å². The van der Waals surface area contributed by atoms with Crippen molar-refractivity contribution in [1.82, 2.24) is 20.0 Å². The molecule has 2 N–H and O–H groups in total. The summed E-state index contributed by atoms with van der Waals surface area (Å²) in [5.41, 5.74) is 4.99. The Labute approximate surface area is 292 Å². The predicted octanol–water partition coefficient (Wildman–Crippen LogP) is 4.82. The molecule has 10 heteroatoms. The van der Waals surface area contributed by atoms with Gasteiger partial charge in [-0.15, -0.1) is 0 Å². The highest BCUT2D eigenvalue weighted by atomic mass is 32.1. The van der Waals surface area contributed by atoms with E-state index in [0.29, 0.717) is 26.2 Å². The Bertz CT molecular complexity index is 1490. The van der Waals surface area contributed by atoms with Crippen molar-refractivity contribution in [3.63, 3.8) is 0 Å². The van der Waals surface area contributed by atoms with E-state index in [0.717, 1.165) is 64.8 Å². The molecule has 2 aromatic carbocycles.